The van der Waals surface area contributed by atoms with Crippen LogP contribution in [0.5, 0.6) is 0 Å². The number of benzene rings is 4. The van der Waals surface area contributed by atoms with Crippen LogP contribution in [0, 0.1) is 42.5 Å². The Bertz CT molecular complexity index is 1750. The molecule has 0 atom stereocenters. The summed E-state index contributed by atoms with van der Waals surface area (Å²) in [5.74, 6) is 0. The monoisotopic (exact) mass is 774 g/mol. The van der Waals surface area contributed by atoms with Crippen molar-refractivity contribution in [2.75, 3.05) is 0 Å². The molecule has 0 aliphatic rings. The molecule has 0 aliphatic carbocycles. The van der Waals surface area contributed by atoms with Crippen LogP contribution < -0.4 is 10.4 Å². The summed E-state index contributed by atoms with van der Waals surface area (Å²) in [6, 6.07) is 39.0. The average Bonchev–Trinajstić information content (AvgIpc) is 3.63. The molecule has 45 heavy (non-hydrogen) atoms. The van der Waals surface area contributed by atoms with Crippen LogP contribution in [0.4, 0.5) is 0 Å². The summed E-state index contributed by atoms with van der Waals surface area (Å²) in [5.41, 5.74) is 10.8. The van der Waals surface area contributed by atoms with Crippen LogP contribution in [0.15, 0.2) is 97.1 Å². The van der Waals surface area contributed by atoms with E-state index >= 15 is 0 Å². The van der Waals surface area contributed by atoms with E-state index < -0.39 is 8.07 Å². The van der Waals surface area contributed by atoms with Crippen molar-refractivity contribution in [1.29, 1.82) is 0 Å². The smallest absolute Gasteiger partial charge is 0.358 e. The summed E-state index contributed by atoms with van der Waals surface area (Å²) in [7, 11) is -2.01. The van der Waals surface area contributed by atoms with E-state index in [2.05, 4.69) is 138 Å². The molecule has 0 amide bonds. The number of fused-ring (bicyclic) bond motifs is 2. The molecule has 0 saturated heterocycles. The molecule has 0 radical (unpaired) electrons. The minimum absolute atomic E-state index is 0. The zero-order chi connectivity index (χ0) is 29.4. The molecule has 0 aliphatic heterocycles. The van der Waals surface area contributed by atoms with Crippen molar-refractivity contribution in [3.05, 3.63) is 134 Å². The van der Waals surface area contributed by atoms with Crippen molar-refractivity contribution < 1.29 is 25.8 Å². The predicted octanol–water partition coefficient (Wildman–Crippen LogP) is 11.7. The Labute approximate surface area is 293 Å². The van der Waals surface area contributed by atoms with Gasteiger partial charge in [0.15, 0.2) is 0 Å². The summed E-state index contributed by atoms with van der Waals surface area (Å²) < 4.78 is 0. The maximum absolute atomic E-state index is 2.64. The van der Waals surface area contributed by atoms with Crippen LogP contribution in [0.1, 0.15) is 54.9 Å². The SMILES string of the molecule is CCCCCC[Si](C)(c1cc2c(-c3cc(C)ccc3C)cccc2[cH-]1)c1cc2c(-c3cc(C)ccc3C)cccc2[cH-]1.[CH3-].[CH3-].[Hf+4]. The maximum Gasteiger partial charge on any atom is 4.00 e. The number of hydrogen-bond donors (Lipinski definition) is 0. The Kier molecular flexibility index (Phi) is 12.4. The minimum Gasteiger partial charge on any atom is -0.358 e. The van der Waals surface area contributed by atoms with Gasteiger partial charge in [0.2, 0.25) is 0 Å². The molecule has 0 N–H and O–H groups in total. The molecular weight excluding hydrogens is 723 g/mol. The first-order chi connectivity index (χ1) is 20.3. The van der Waals surface area contributed by atoms with Crippen molar-refractivity contribution in [3.8, 4) is 22.3 Å². The van der Waals surface area contributed by atoms with Crippen molar-refractivity contribution in [2.24, 2.45) is 0 Å². The second-order valence-corrected chi connectivity index (χ2v) is 17.2. The fourth-order valence-corrected chi connectivity index (χ4v) is 10.7. The zero-order valence-corrected chi connectivity index (χ0v) is 33.4. The van der Waals surface area contributed by atoms with Gasteiger partial charge in [-0.15, -0.1) is 68.3 Å². The second-order valence-electron chi connectivity index (χ2n) is 12.9. The summed E-state index contributed by atoms with van der Waals surface area (Å²) in [6.07, 6.45) is 5.22. The van der Waals surface area contributed by atoms with Crippen LogP contribution in [0.2, 0.25) is 12.6 Å². The Morgan fingerprint density at radius 2 is 1.02 bits per heavy atom. The third-order valence-corrected chi connectivity index (χ3v) is 14.2. The van der Waals surface area contributed by atoms with Gasteiger partial charge < -0.3 is 14.9 Å². The molecule has 0 spiro atoms. The molecular formula is C43H50HfSi. The van der Waals surface area contributed by atoms with Gasteiger partial charge in [0.1, 0.15) is 0 Å². The fourth-order valence-electron chi connectivity index (χ4n) is 6.99. The van der Waals surface area contributed by atoms with Gasteiger partial charge in [0.25, 0.3) is 0 Å². The largest absolute Gasteiger partial charge is 4.00 e. The number of hydrogen-bond acceptors (Lipinski definition) is 0. The molecule has 0 heterocycles. The van der Waals surface area contributed by atoms with E-state index in [-0.39, 0.29) is 40.7 Å². The maximum atomic E-state index is 2.64. The topological polar surface area (TPSA) is 0 Å². The number of unbranched alkanes of at least 4 members (excludes halogenated alkanes) is 3. The fraction of sp³-hybridized carbons (Fsp3) is 0.256. The number of rotatable bonds is 9. The Morgan fingerprint density at radius 1 is 0.556 bits per heavy atom. The first-order valence-corrected chi connectivity index (χ1v) is 18.5. The van der Waals surface area contributed by atoms with Gasteiger partial charge in [-0.1, -0.05) is 116 Å². The first kappa shape index (κ1) is 36.7. The molecule has 2 heteroatoms. The van der Waals surface area contributed by atoms with E-state index in [9.17, 15) is 0 Å². The van der Waals surface area contributed by atoms with E-state index in [0.717, 1.165) is 0 Å². The van der Waals surface area contributed by atoms with E-state index in [1.165, 1.54) is 97.8 Å². The first-order valence-electron chi connectivity index (χ1n) is 15.8. The quantitative estimate of drug-likeness (QED) is 0.0780. The minimum atomic E-state index is -2.01. The van der Waals surface area contributed by atoms with Gasteiger partial charge >= 0.3 is 25.8 Å². The Hall–Kier alpha value is -2.81. The normalized spacial score (nSPS) is 11.2. The molecule has 0 aromatic heterocycles. The van der Waals surface area contributed by atoms with Gasteiger partial charge in [0.05, 0.1) is 8.07 Å². The summed E-state index contributed by atoms with van der Waals surface area (Å²) in [4.78, 5) is 0. The molecule has 230 valence electrons. The van der Waals surface area contributed by atoms with Crippen LogP contribution in [-0.2, 0) is 25.8 Å². The van der Waals surface area contributed by atoms with E-state index in [4.69, 9.17) is 0 Å². The van der Waals surface area contributed by atoms with E-state index in [0.29, 0.717) is 0 Å². The molecule has 6 rings (SSSR count). The van der Waals surface area contributed by atoms with Crippen LogP contribution >= 0.6 is 0 Å². The third kappa shape index (κ3) is 7.13. The zero-order valence-electron chi connectivity index (χ0n) is 28.8. The molecule has 0 saturated carbocycles. The van der Waals surface area contributed by atoms with Crippen molar-refractivity contribution in [1.82, 2.24) is 0 Å². The molecule has 0 fully saturated rings. The predicted molar refractivity (Wildman–Crippen MR) is 202 cm³/mol. The summed E-state index contributed by atoms with van der Waals surface area (Å²) in [5, 5.41) is 8.72. The van der Waals surface area contributed by atoms with Crippen LogP contribution in [0.3, 0.4) is 0 Å². The third-order valence-electron chi connectivity index (χ3n) is 9.67. The summed E-state index contributed by atoms with van der Waals surface area (Å²) in [6.45, 7) is 13.8. The van der Waals surface area contributed by atoms with Crippen molar-refractivity contribution in [2.45, 2.75) is 72.9 Å². The molecule has 0 unspecified atom stereocenters. The number of aryl methyl sites for hydroxylation is 4. The Balaban J connectivity index is 0.00000184. The molecule has 6 aromatic rings. The second kappa shape index (κ2) is 15.2. The van der Waals surface area contributed by atoms with E-state index in [1.807, 2.05) is 0 Å². The van der Waals surface area contributed by atoms with Gasteiger partial charge in [-0.25, -0.2) is 0 Å². The van der Waals surface area contributed by atoms with E-state index in [1.54, 1.807) is 10.4 Å². The average molecular weight is 773 g/mol. The summed E-state index contributed by atoms with van der Waals surface area (Å²) >= 11 is 0. The van der Waals surface area contributed by atoms with Gasteiger partial charge in [-0.05, 0) is 49.9 Å². The van der Waals surface area contributed by atoms with Gasteiger partial charge in [-0.2, -0.15) is 12.1 Å². The molecule has 0 nitrogen and oxygen atoms in total. The standard InChI is InChI=1S/C41H44Si.2CH3.Hf/c1-7-8-9-10-21-42(6,34-24-32-13-11-15-36(40(32)26-34)38-22-28(2)17-19-30(38)4)35-25-33-14-12-16-37(41(33)27-35)39-23-29(3)18-20-31(39)5;;;/h11-20,22-27H,7-10,21H2,1-6H3;2*1H3;/q-2;2*-1;+4. The van der Waals surface area contributed by atoms with Crippen LogP contribution in [0.25, 0.3) is 43.8 Å². The Morgan fingerprint density at radius 3 is 1.47 bits per heavy atom. The van der Waals surface area contributed by atoms with Crippen LogP contribution in [-0.4, -0.2) is 8.07 Å². The van der Waals surface area contributed by atoms with Gasteiger partial charge in [0, 0.05) is 0 Å². The van der Waals surface area contributed by atoms with Crippen molar-refractivity contribution in [3.63, 3.8) is 0 Å². The van der Waals surface area contributed by atoms with Crippen molar-refractivity contribution >= 4 is 40.0 Å². The van der Waals surface area contributed by atoms with Gasteiger partial charge in [-0.3, -0.25) is 0 Å². The molecule has 0 bridgehead atoms. The molecule has 6 aromatic carbocycles.